The smallest absolute Gasteiger partial charge is 0.150 e. The zero-order valence-corrected chi connectivity index (χ0v) is 13.1. The average molecular weight is 252 g/mol. The summed E-state index contributed by atoms with van der Waals surface area (Å²) in [6, 6.07) is 3.46. The van der Waals surface area contributed by atoms with E-state index in [1.54, 1.807) is 6.07 Å². The lowest BCUT2D eigenvalue weighted by molar-refractivity contribution is 0.112. The van der Waals surface area contributed by atoms with Gasteiger partial charge in [-0.05, 0) is 31.0 Å². The second-order valence-electron chi connectivity index (χ2n) is 2.80. The van der Waals surface area contributed by atoms with Crippen LogP contribution in [0.3, 0.4) is 0 Å². The highest BCUT2D eigenvalue weighted by Crippen LogP contribution is 2.12. The van der Waals surface area contributed by atoms with Gasteiger partial charge in [0.05, 0.1) is 0 Å². The molecule has 1 rings (SSSR count). The van der Waals surface area contributed by atoms with Gasteiger partial charge in [-0.1, -0.05) is 47.6 Å². The quantitative estimate of drug-likeness (QED) is 0.693. The first kappa shape index (κ1) is 21.8. The summed E-state index contributed by atoms with van der Waals surface area (Å²) >= 11 is 0. The maximum Gasteiger partial charge on any atom is 0.150 e. The third kappa shape index (κ3) is 7.77. The second kappa shape index (κ2) is 15.6. The van der Waals surface area contributed by atoms with Crippen LogP contribution in [0.15, 0.2) is 12.1 Å². The summed E-state index contributed by atoms with van der Waals surface area (Å²) in [5.74, 6) is 0. The first-order valence-electron chi connectivity index (χ1n) is 6.70. The van der Waals surface area contributed by atoms with Gasteiger partial charge in [0, 0.05) is 11.1 Å². The monoisotopic (exact) mass is 252 g/mol. The number of carbonyl (C=O) groups is 2. The van der Waals surface area contributed by atoms with Crippen molar-refractivity contribution in [3.05, 3.63) is 34.4 Å². The Morgan fingerprint density at radius 1 is 0.667 bits per heavy atom. The average Bonchev–Trinajstić information content (AvgIpc) is 2.46. The van der Waals surface area contributed by atoms with E-state index in [0.717, 1.165) is 23.7 Å². The van der Waals surface area contributed by atoms with E-state index in [0.29, 0.717) is 11.1 Å². The lowest BCUT2D eigenvalue weighted by Crippen LogP contribution is -1.93. The Hall–Kier alpha value is -1.44. The first-order chi connectivity index (χ1) is 8.69. The number of aldehydes is 2. The third-order valence-corrected chi connectivity index (χ3v) is 1.91. The summed E-state index contributed by atoms with van der Waals surface area (Å²) in [6.07, 6.45) is 1.53. The lowest BCUT2D eigenvalue weighted by atomic mass is 10.0. The molecule has 0 aliphatic rings. The van der Waals surface area contributed by atoms with E-state index in [2.05, 4.69) is 0 Å². The molecule has 0 heterocycles. The van der Waals surface area contributed by atoms with Crippen LogP contribution >= 0.6 is 0 Å². The van der Waals surface area contributed by atoms with Crippen LogP contribution in [-0.4, -0.2) is 12.6 Å². The van der Waals surface area contributed by atoms with Gasteiger partial charge in [-0.15, -0.1) is 0 Å². The SMILES string of the molecule is CC.CC.CC.Cc1cc(C)c(C=O)cc1C=O. The van der Waals surface area contributed by atoms with Crippen LogP contribution in [0.4, 0.5) is 0 Å². The molecule has 0 fully saturated rings. The standard InChI is InChI=1S/C10H10O2.3C2H6/c1-7-3-8(2)10(6-12)4-9(7)5-11;3*1-2/h3-6H,1-2H3;3*1-2H3. The Kier molecular flexibility index (Phi) is 18.8. The molecule has 0 saturated heterocycles. The van der Waals surface area contributed by atoms with Gasteiger partial charge in [-0.3, -0.25) is 9.59 Å². The van der Waals surface area contributed by atoms with Gasteiger partial charge < -0.3 is 0 Å². The Balaban J connectivity index is -0.000000328. The molecule has 0 unspecified atom stereocenters. The van der Waals surface area contributed by atoms with Crippen LogP contribution in [-0.2, 0) is 0 Å². The highest BCUT2D eigenvalue weighted by atomic mass is 16.1. The molecule has 1 aromatic carbocycles. The summed E-state index contributed by atoms with van der Waals surface area (Å²) in [7, 11) is 0. The molecule has 2 heteroatoms. The molecule has 2 nitrogen and oxygen atoms in total. The fourth-order valence-corrected chi connectivity index (χ4v) is 1.14. The van der Waals surface area contributed by atoms with Crippen molar-refractivity contribution in [3.8, 4) is 0 Å². The minimum atomic E-state index is 0.586. The predicted molar refractivity (Wildman–Crippen MR) is 80.7 cm³/mol. The van der Waals surface area contributed by atoms with E-state index in [9.17, 15) is 9.59 Å². The molecular formula is C16H28O2. The molecule has 0 atom stereocenters. The molecule has 0 aliphatic carbocycles. The van der Waals surface area contributed by atoms with Crippen LogP contribution in [0.25, 0.3) is 0 Å². The fourth-order valence-electron chi connectivity index (χ4n) is 1.14. The largest absolute Gasteiger partial charge is 0.298 e. The maximum absolute atomic E-state index is 10.5. The molecule has 1 aromatic rings. The highest BCUT2D eigenvalue weighted by Gasteiger charge is 2.01. The van der Waals surface area contributed by atoms with E-state index in [4.69, 9.17) is 0 Å². The first-order valence-corrected chi connectivity index (χ1v) is 6.70. The number of hydrogen-bond donors (Lipinski definition) is 0. The number of carbonyl (C=O) groups excluding carboxylic acids is 2. The molecule has 0 aromatic heterocycles. The number of benzene rings is 1. The fraction of sp³-hybridized carbons (Fsp3) is 0.500. The minimum Gasteiger partial charge on any atom is -0.298 e. The van der Waals surface area contributed by atoms with Crippen molar-refractivity contribution in [2.24, 2.45) is 0 Å². The summed E-state index contributed by atoms with van der Waals surface area (Å²) < 4.78 is 0. The van der Waals surface area contributed by atoms with Gasteiger partial charge in [0.1, 0.15) is 12.6 Å². The zero-order chi connectivity index (χ0) is 15.1. The molecule has 0 saturated carbocycles. The van der Waals surface area contributed by atoms with Crippen molar-refractivity contribution in [2.45, 2.75) is 55.4 Å². The van der Waals surface area contributed by atoms with Crippen molar-refractivity contribution in [1.29, 1.82) is 0 Å². The lowest BCUT2D eigenvalue weighted by Gasteiger charge is -2.02. The van der Waals surface area contributed by atoms with Crippen molar-refractivity contribution in [1.82, 2.24) is 0 Å². The van der Waals surface area contributed by atoms with E-state index in [-0.39, 0.29) is 0 Å². The van der Waals surface area contributed by atoms with Crippen molar-refractivity contribution in [3.63, 3.8) is 0 Å². The van der Waals surface area contributed by atoms with Crippen LogP contribution in [0.1, 0.15) is 73.4 Å². The Morgan fingerprint density at radius 3 is 1.17 bits per heavy atom. The summed E-state index contributed by atoms with van der Waals surface area (Å²) in [5.41, 5.74) is 2.99. The summed E-state index contributed by atoms with van der Waals surface area (Å²) in [5, 5.41) is 0. The third-order valence-electron chi connectivity index (χ3n) is 1.91. The number of hydrogen-bond acceptors (Lipinski definition) is 2. The Morgan fingerprint density at radius 2 is 0.944 bits per heavy atom. The molecule has 0 N–H and O–H groups in total. The topological polar surface area (TPSA) is 34.1 Å². The van der Waals surface area contributed by atoms with Crippen molar-refractivity contribution >= 4 is 12.6 Å². The number of aryl methyl sites for hydroxylation is 2. The van der Waals surface area contributed by atoms with E-state index < -0.39 is 0 Å². The van der Waals surface area contributed by atoms with Gasteiger partial charge in [0.15, 0.2) is 0 Å². The van der Waals surface area contributed by atoms with Gasteiger partial charge in [0.25, 0.3) is 0 Å². The highest BCUT2D eigenvalue weighted by molar-refractivity contribution is 5.84. The van der Waals surface area contributed by atoms with E-state index in [1.807, 2.05) is 61.5 Å². The second-order valence-corrected chi connectivity index (χ2v) is 2.80. The van der Waals surface area contributed by atoms with Crippen molar-refractivity contribution in [2.75, 3.05) is 0 Å². The molecule has 18 heavy (non-hydrogen) atoms. The van der Waals surface area contributed by atoms with Gasteiger partial charge >= 0.3 is 0 Å². The van der Waals surface area contributed by atoms with Gasteiger partial charge in [0.2, 0.25) is 0 Å². The molecule has 0 radical (unpaired) electrons. The molecule has 0 spiro atoms. The minimum absolute atomic E-state index is 0.586. The van der Waals surface area contributed by atoms with Gasteiger partial charge in [-0.25, -0.2) is 0 Å². The Bertz CT molecular complexity index is 299. The van der Waals surface area contributed by atoms with E-state index in [1.165, 1.54) is 0 Å². The summed E-state index contributed by atoms with van der Waals surface area (Å²) in [6.45, 7) is 15.7. The molecule has 0 aliphatic heterocycles. The van der Waals surface area contributed by atoms with Gasteiger partial charge in [-0.2, -0.15) is 0 Å². The normalized spacial score (nSPS) is 7.33. The molecule has 0 amide bonds. The maximum atomic E-state index is 10.5. The van der Waals surface area contributed by atoms with Crippen LogP contribution < -0.4 is 0 Å². The molecular weight excluding hydrogens is 224 g/mol. The van der Waals surface area contributed by atoms with Crippen LogP contribution in [0, 0.1) is 13.8 Å². The van der Waals surface area contributed by atoms with Crippen LogP contribution in [0.2, 0.25) is 0 Å². The predicted octanol–water partition coefficient (Wildman–Crippen LogP) is 5.01. The van der Waals surface area contributed by atoms with Crippen LogP contribution in [0.5, 0.6) is 0 Å². The molecule has 0 bridgehead atoms. The number of rotatable bonds is 2. The summed E-state index contributed by atoms with van der Waals surface area (Å²) in [4.78, 5) is 21.0. The van der Waals surface area contributed by atoms with E-state index >= 15 is 0 Å². The zero-order valence-electron chi connectivity index (χ0n) is 13.1. The van der Waals surface area contributed by atoms with Crippen molar-refractivity contribution < 1.29 is 9.59 Å². The molecule has 104 valence electrons. The Labute approximate surface area is 112 Å².